The van der Waals surface area contributed by atoms with Gasteiger partial charge >= 0.3 is 5.97 Å². The van der Waals surface area contributed by atoms with E-state index < -0.39 is 22.0 Å². The number of nitrogens with zero attached hydrogens (tertiary/aromatic N) is 2. The molecule has 1 amide bonds. The standard InChI is InChI=1S/C25H27IN4O5S/c1-2-30(16-22(25(32)33)29-36(34,35)21-14-11-19(26)12-15-21)24(31)18-9-6-17(7-10-18)8-13-20-4-3-5-23(27)28-20/h3-7,9-12,14-15,22,29H,2,8,13,16H2,1H3,(H2,27,28)(H,32,33). The molecule has 0 bridgehead atoms. The quantitative estimate of drug-likeness (QED) is 0.279. The van der Waals surface area contributed by atoms with Crippen LogP contribution in [0, 0.1) is 3.57 Å². The maximum atomic E-state index is 13.1. The van der Waals surface area contributed by atoms with Crippen molar-refractivity contribution in [2.45, 2.75) is 30.7 Å². The Morgan fingerprint density at radius 2 is 1.72 bits per heavy atom. The third kappa shape index (κ3) is 7.48. The van der Waals surface area contributed by atoms with Crippen molar-refractivity contribution in [3.05, 3.63) is 87.1 Å². The summed E-state index contributed by atoms with van der Waals surface area (Å²) in [4.78, 5) is 30.5. The number of carboxylic acids is 1. The summed E-state index contributed by atoms with van der Waals surface area (Å²) in [6.07, 6.45) is 1.41. The molecule has 11 heteroatoms. The van der Waals surface area contributed by atoms with Crippen LogP contribution in [0.4, 0.5) is 5.82 Å². The fourth-order valence-corrected chi connectivity index (χ4v) is 5.06. The monoisotopic (exact) mass is 622 g/mol. The van der Waals surface area contributed by atoms with Crippen LogP contribution in [0.2, 0.25) is 0 Å². The number of aryl methyl sites for hydroxylation is 2. The fraction of sp³-hybridized carbons (Fsp3) is 0.240. The highest BCUT2D eigenvalue weighted by Gasteiger charge is 2.29. The SMILES string of the molecule is CCN(CC(NS(=O)(=O)c1ccc(I)cc1)C(=O)O)C(=O)c1ccc(CCc2cccc(N)n2)cc1. The van der Waals surface area contributed by atoms with Crippen molar-refractivity contribution in [2.75, 3.05) is 18.8 Å². The van der Waals surface area contributed by atoms with E-state index in [9.17, 15) is 23.1 Å². The number of anilines is 1. The van der Waals surface area contributed by atoms with Crippen LogP contribution >= 0.6 is 22.6 Å². The molecule has 0 radical (unpaired) electrons. The summed E-state index contributed by atoms with van der Waals surface area (Å²) < 4.78 is 28.4. The van der Waals surface area contributed by atoms with E-state index in [0.29, 0.717) is 24.2 Å². The predicted molar refractivity (Wildman–Crippen MR) is 145 cm³/mol. The number of carboxylic acid groups (broad SMARTS) is 1. The molecule has 36 heavy (non-hydrogen) atoms. The number of hydrogen-bond donors (Lipinski definition) is 3. The summed E-state index contributed by atoms with van der Waals surface area (Å²) in [6, 6.07) is 17.0. The zero-order chi connectivity index (χ0) is 26.3. The van der Waals surface area contributed by atoms with Gasteiger partial charge in [-0.2, -0.15) is 4.72 Å². The molecule has 4 N–H and O–H groups in total. The molecule has 0 fully saturated rings. The van der Waals surface area contributed by atoms with Crippen LogP contribution in [-0.2, 0) is 27.7 Å². The highest BCUT2D eigenvalue weighted by atomic mass is 127. The molecule has 1 aromatic heterocycles. The third-order valence-corrected chi connectivity index (χ3v) is 7.70. The second-order valence-electron chi connectivity index (χ2n) is 8.06. The van der Waals surface area contributed by atoms with E-state index in [-0.39, 0.29) is 23.9 Å². The molecule has 1 heterocycles. The lowest BCUT2D eigenvalue weighted by Gasteiger charge is -2.25. The molecular weight excluding hydrogens is 595 g/mol. The summed E-state index contributed by atoms with van der Waals surface area (Å²) in [5.74, 6) is -1.30. The number of hydrogen-bond acceptors (Lipinski definition) is 6. The summed E-state index contributed by atoms with van der Waals surface area (Å²) >= 11 is 2.04. The first-order chi connectivity index (χ1) is 17.1. The normalized spacial score (nSPS) is 12.2. The number of carbonyl (C=O) groups is 2. The van der Waals surface area contributed by atoms with Gasteiger partial charge in [0, 0.05) is 27.9 Å². The van der Waals surface area contributed by atoms with Crippen LogP contribution in [0.15, 0.2) is 71.6 Å². The Morgan fingerprint density at radius 1 is 1.06 bits per heavy atom. The van der Waals surface area contributed by atoms with Crippen molar-refractivity contribution >= 4 is 50.3 Å². The molecule has 190 valence electrons. The molecule has 1 atom stereocenters. The van der Waals surface area contributed by atoms with E-state index in [0.717, 1.165) is 14.8 Å². The van der Waals surface area contributed by atoms with E-state index in [1.54, 1.807) is 37.3 Å². The number of pyridine rings is 1. The van der Waals surface area contributed by atoms with Crippen LogP contribution in [0.1, 0.15) is 28.5 Å². The lowest BCUT2D eigenvalue weighted by molar-refractivity contribution is -0.139. The molecule has 3 rings (SSSR count). The Hall–Kier alpha value is -3.03. The largest absolute Gasteiger partial charge is 0.480 e. The number of nitrogens with two attached hydrogens (primary N) is 1. The van der Waals surface area contributed by atoms with Gasteiger partial charge in [0.1, 0.15) is 11.9 Å². The smallest absolute Gasteiger partial charge is 0.323 e. The minimum absolute atomic E-state index is 0.0486. The lowest BCUT2D eigenvalue weighted by atomic mass is 10.0. The Morgan fingerprint density at radius 3 is 2.31 bits per heavy atom. The third-order valence-electron chi connectivity index (χ3n) is 5.49. The first kappa shape index (κ1) is 27.6. The van der Waals surface area contributed by atoms with Gasteiger partial charge in [0.25, 0.3) is 5.91 Å². The first-order valence-corrected chi connectivity index (χ1v) is 13.8. The van der Waals surface area contributed by atoms with Crippen LogP contribution in [0.5, 0.6) is 0 Å². The Kier molecular flexibility index (Phi) is 9.40. The van der Waals surface area contributed by atoms with E-state index >= 15 is 0 Å². The number of nitrogen functional groups attached to an aromatic ring is 1. The zero-order valence-corrected chi connectivity index (χ0v) is 22.6. The number of amides is 1. The Bertz CT molecular complexity index is 1320. The van der Waals surface area contributed by atoms with E-state index in [4.69, 9.17) is 5.73 Å². The van der Waals surface area contributed by atoms with Gasteiger partial charge in [-0.05, 0) is 96.5 Å². The molecule has 0 aliphatic heterocycles. The molecule has 0 saturated heterocycles. The number of aliphatic carboxylic acids is 1. The molecule has 0 aliphatic carbocycles. The van der Waals surface area contributed by atoms with Gasteiger partial charge < -0.3 is 15.7 Å². The van der Waals surface area contributed by atoms with Crippen molar-refractivity contribution in [3.63, 3.8) is 0 Å². The van der Waals surface area contributed by atoms with Gasteiger partial charge in [0.15, 0.2) is 0 Å². The maximum Gasteiger partial charge on any atom is 0.323 e. The van der Waals surface area contributed by atoms with Gasteiger partial charge in [0.05, 0.1) is 4.90 Å². The second kappa shape index (κ2) is 12.3. The molecule has 3 aromatic rings. The van der Waals surface area contributed by atoms with Crippen molar-refractivity contribution in [3.8, 4) is 0 Å². The summed E-state index contributed by atoms with van der Waals surface area (Å²) in [5, 5.41) is 9.65. The number of likely N-dealkylation sites (N-methyl/N-ethyl adjacent to an activating group) is 1. The predicted octanol–water partition coefficient (Wildman–Crippen LogP) is 2.95. The number of halogens is 1. The molecular formula is C25H27IN4O5S. The minimum Gasteiger partial charge on any atom is -0.480 e. The number of sulfonamides is 1. The number of rotatable bonds is 11. The van der Waals surface area contributed by atoms with Crippen molar-refractivity contribution in [1.29, 1.82) is 0 Å². The number of nitrogens with one attached hydrogen (secondary N) is 1. The number of aromatic nitrogens is 1. The zero-order valence-electron chi connectivity index (χ0n) is 19.6. The lowest BCUT2D eigenvalue weighted by Crippen LogP contribution is -2.49. The fourth-order valence-electron chi connectivity index (χ4n) is 3.52. The van der Waals surface area contributed by atoms with Crippen LogP contribution in [-0.4, -0.2) is 54.4 Å². The average Bonchev–Trinajstić information content (AvgIpc) is 2.85. The van der Waals surface area contributed by atoms with E-state index in [1.807, 2.05) is 46.9 Å². The number of carbonyl (C=O) groups excluding carboxylic acids is 1. The van der Waals surface area contributed by atoms with Gasteiger partial charge in [0.2, 0.25) is 10.0 Å². The minimum atomic E-state index is -4.09. The van der Waals surface area contributed by atoms with Gasteiger partial charge in [-0.15, -0.1) is 0 Å². The molecule has 2 aromatic carbocycles. The molecule has 9 nitrogen and oxygen atoms in total. The molecule has 1 unspecified atom stereocenters. The van der Waals surface area contributed by atoms with E-state index in [1.165, 1.54) is 17.0 Å². The van der Waals surface area contributed by atoms with E-state index in [2.05, 4.69) is 9.71 Å². The van der Waals surface area contributed by atoms with Gasteiger partial charge in [-0.1, -0.05) is 18.2 Å². The topological polar surface area (TPSA) is 143 Å². The van der Waals surface area contributed by atoms with Gasteiger partial charge in [-0.3, -0.25) is 9.59 Å². The van der Waals surface area contributed by atoms with Crippen LogP contribution in [0.25, 0.3) is 0 Å². The molecule has 0 aliphatic rings. The Labute approximate surface area is 223 Å². The summed E-state index contributed by atoms with van der Waals surface area (Å²) in [7, 11) is -4.09. The van der Waals surface area contributed by atoms with Crippen molar-refractivity contribution in [1.82, 2.24) is 14.6 Å². The highest BCUT2D eigenvalue weighted by Crippen LogP contribution is 2.14. The first-order valence-electron chi connectivity index (χ1n) is 11.2. The summed E-state index contributed by atoms with van der Waals surface area (Å²) in [5.41, 5.74) is 7.98. The number of benzene rings is 2. The second-order valence-corrected chi connectivity index (χ2v) is 11.0. The highest BCUT2D eigenvalue weighted by molar-refractivity contribution is 14.1. The van der Waals surface area contributed by atoms with Crippen LogP contribution < -0.4 is 10.5 Å². The molecule has 0 saturated carbocycles. The maximum absolute atomic E-state index is 13.1. The Balaban J connectivity index is 1.67. The van der Waals surface area contributed by atoms with Gasteiger partial charge in [-0.25, -0.2) is 13.4 Å². The average molecular weight is 622 g/mol. The summed E-state index contributed by atoms with van der Waals surface area (Å²) in [6.45, 7) is 1.59. The van der Waals surface area contributed by atoms with Crippen molar-refractivity contribution in [2.24, 2.45) is 0 Å². The van der Waals surface area contributed by atoms with Crippen molar-refractivity contribution < 1.29 is 23.1 Å². The van der Waals surface area contributed by atoms with Crippen LogP contribution in [0.3, 0.4) is 0 Å². The molecule has 0 spiro atoms.